The van der Waals surface area contributed by atoms with Crippen molar-refractivity contribution in [1.82, 2.24) is 5.32 Å². The summed E-state index contributed by atoms with van der Waals surface area (Å²) in [6.45, 7) is 2.80. The van der Waals surface area contributed by atoms with Crippen molar-refractivity contribution in [2.75, 3.05) is 19.7 Å². The average molecular weight is 249 g/mol. The molecular weight excluding hydrogens is 229 g/mol. The van der Waals surface area contributed by atoms with Crippen LogP contribution < -0.4 is 10.1 Å². The molecule has 1 aromatic carbocycles. The van der Waals surface area contributed by atoms with Gasteiger partial charge in [0, 0.05) is 6.07 Å². The van der Waals surface area contributed by atoms with E-state index in [1.807, 2.05) is 6.07 Å². The molecule has 18 heavy (non-hydrogen) atoms. The molecule has 3 rings (SSSR count). The molecule has 0 bridgehead atoms. The summed E-state index contributed by atoms with van der Waals surface area (Å²) in [5.74, 6) is 1.72. The van der Waals surface area contributed by atoms with Crippen LogP contribution in [0, 0.1) is 11.7 Å². The fraction of sp³-hybridized carbons (Fsp3) is 0.600. The maximum absolute atomic E-state index is 13.6. The largest absolute Gasteiger partial charge is 0.493 e. The number of hydrogen-bond acceptors (Lipinski definition) is 2. The maximum atomic E-state index is 13.6. The van der Waals surface area contributed by atoms with Crippen LogP contribution in [0.5, 0.6) is 5.75 Å². The molecular formula is C15H20FNO. The predicted molar refractivity (Wildman–Crippen MR) is 69.5 cm³/mol. The number of rotatable bonds is 4. The molecule has 98 valence electrons. The summed E-state index contributed by atoms with van der Waals surface area (Å²) in [6.07, 6.45) is 4.70. The Labute approximate surface area is 108 Å². The molecule has 2 fully saturated rings. The van der Waals surface area contributed by atoms with E-state index in [0.717, 1.165) is 38.1 Å². The van der Waals surface area contributed by atoms with Crippen LogP contribution in [0.3, 0.4) is 0 Å². The normalized spacial score (nSPS) is 20.9. The van der Waals surface area contributed by atoms with Gasteiger partial charge in [-0.2, -0.15) is 0 Å². The number of piperidine rings is 1. The summed E-state index contributed by atoms with van der Waals surface area (Å²) in [5, 5.41) is 3.34. The molecule has 2 aliphatic rings. The first-order valence-electron chi connectivity index (χ1n) is 6.95. The van der Waals surface area contributed by atoms with Crippen molar-refractivity contribution in [1.29, 1.82) is 0 Å². The van der Waals surface area contributed by atoms with Crippen LogP contribution in [-0.4, -0.2) is 19.7 Å². The molecule has 1 saturated carbocycles. The molecule has 0 radical (unpaired) electrons. The molecule has 1 aromatic rings. The Bertz CT molecular complexity index is 411. The minimum Gasteiger partial charge on any atom is -0.493 e. The number of halogens is 1. The van der Waals surface area contributed by atoms with Crippen molar-refractivity contribution in [3.63, 3.8) is 0 Å². The first-order chi connectivity index (χ1) is 8.81. The second kappa shape index (κ2) is 5.27. The smallest absolute Gasteiger partial charge is 0.127 e. The SMILES string of the molecule is Fc1cc(OCC2CC2)cc(C2CCNCC2)c1. The van der Waals surface area contributed by atoms with Crippen molar-refractivity contribution >= 4 is 0 Å². The molecule has 0 aromatic heterocycles. The molecule has 3 heteroatoms. The Morgan fingerprint density at radius 1 is 1.11 bits per heavy atom. The number of benzene rings is 1. The van der Waals surface area contributed by atoms with E-state index >= 15 is 0 Å². The Morgan fingerprint density at radius 3 is 2.61 bits per heavy atom. The summed E-state index contributed by atoms with van der Waals surface area (Å²) in [6, 6.07) is 5.20. The van der Waals surface area contributed by atoms with Gasteiger partial charge < -0.3 is 10.1 Å². The molecule has 0 amide bonds. The zero-order valence-electron chi connectivity index (χ0n) is 10.6. The number of nitrogens with one attached hydrogen (secondary N) is 1. The Kier molecular flexibility index (Phi) is 3.50. The second-order valence-electron chi connectivity index (χ2n) is 5.50. The third kappa shape index (κ3) is 3.02. The Morgan fingerprint density at radius 2 is 1.89 bits per heavy atom. The highest BCUT2D eigenvalue weighted by Gasteiger charge is 2.22. The summed E-state index contributed by atoms with van der Waals surface area (Å²) in [5.41, 5.74) is 1.10. The van der Waals surface area contributed by atoms with Gasteiger partial charge in [0.25, 0.3) is 0 Å². The van der Waals surface area contributed by atoms with E-state index < -0.39 is 0 Å². The van der Waals surface area contributed by atoms with Gasteiger partial charge in [0.1, 0.15) is 11.6 Å². The first-order valence-corrected chi connectivity index (χ1v) is 6.95. The highest BCUT2D eigenvalue weighted by molar-refractivity contribution is 5.32. The van der Waals surface area contributed by atoms with E-state index in [9.17, 15) is 4.39 Å². The average Bonchev–Trinajstić information content (AvgIpc) is 3.21. The molecule has 0 atom stereocenters. The Balaban J connectivity index is 1.71. The highest BCUT2D eigenvalue weighted by atomic mass is 19.1. The van der Waals surface area contributed by atoms with E-state index in [2.05, 4.69) is 5.32 Å². The van der Waals surface area contributed by atoms with Gasteiger partial charge in [-0.3, -0.25) is 0 Å². The summed E-state index contributed by atoms with van der Waals surface area (Å²) < 4.78 is 19.3. The van der Waals surface area contributed by atoms with E-state index in [0.29, 0.717) is 17.6 Å². The van der Waals surface area contributed by atoms with Crippen LogP contribution in [0.15, 0.2) is 18.2 Å². The lowest BCUT2D eigenvalue weighted by Gasteiger charge is -2.23. The van der Waals surface area contributed by atoms with Gasteiger partial charge in [-0.1, -0.05) is 0 Å². The van der Waals surface area contributed by atoms with Gasteiger partial charge >= 0.3 is 0 Å². The molecule has 0 unspecified atom stereocenters. The molecule has 1 aliphatic heterocycles. The zero-order chi connectivity index (χ0) is 12.4. The van der Waals surface area contributed by atoms with E-state index in [-0.39, 0.29) is 5.82 Å². The lowest BCUT2D eigenvalue weighted by molar-refractivity contribution is 0.297. The summed E-state index contributed by atoms with van der Waals surface area (Å²) in [7, 11) is 0. The Hall–Kier alpha value is -1.09. The van der Waals surface area contributed by atoms with Crippen molar-refractivity contribution in [3.8, 4) is 5.75 Å². The van der Waals surface area contributed by atoms with Crippen molar-refractivity contribution < 1.29 is 9.13 Å². The van der Waals surface area contributed by atoms with Gasteiger partial charge in [-0.15, -0.1) is 0 Å². The lowest BCUT2D eigenvalue weighted by Crippen LogP contribution is -2.26. The third-order valence-corrected chi connectivity index (χ3v) is 3.89. The van der Waals surface area contributed by atoms with Gasteiger partial charge in [0.15, 0.2) is 0 Å². The first kappa shape index (κ1) is 12.0. The minimum atomic E-state index is -0.170. The van der Waals surface area contributed by atoms with Gasteiger partial charge in [0.05, 0.1) is 6.61 Å². The van der Waals surface area contributed by atoms with E-state index in [1.165, 1.54) is 18.9 Å². The van der Waals surface area contributed by atoms with Crippen LogP contribution in [0.25, 0.3) is 0 Å². The fourth-order valence-electron chi connectivity index (χ4n) is 2.56. The molecule has 2 nitrogen and oxygen atoms in total. The van der Waals surface area contributed by atoms with Crippen molar-refractivity contribution in [2.24, 2.45) is 5.92 Å². The predicted octanol–water partition coefficient (Wildman–Crippen LogP) is 3.08. The van der Waals surface area contributed by atoms with Crippen molar-refractivity contribution in [3.05, 3.63) is 29.6 Å². The monoisotopic (exact) mass is 249 g/mol. The molecule has 1 heterocycles. The number of ether oxygens (including phenoxy) is 1. The van der Waals surface area contributed by atoms with Gasteiger partial charge in [-0.05, 0) is 68.3 Å². The van der Waals surface area contributed by atoms with Crippen LogP contribution in [-0.2, 0) is 0 Å². The molecule has 1 saturated heterocycles. The third-order valence-electron chi connectivity index (χ3n) is 3.89. The molecule has 1 N–H and O–H groups in total. The number of hydrogen-bond donors (Lipinski definition) is 1. The van der Waals surface area contributed by atoms with Crippen LogP contribution in [0.2, 0.25) is 0 Å². The van der Waals surface area contributed by atoms with Gasteiger partial charge in [0.2, 0.25) is 0 Å². The second-order valence-corrected chi connectivity index (χ2v) is 5.50. The van der Waals surface area contributed by atoms with Crippen LogP contribution in [0.1, 0.15) is 37.2 Å². The van der Waals surface area contributed by atoms with Gasteiger partial charge in [-0.25, -0.2) is 4.39 Å². The maximum Gasteiger partial charge on any atom is 0.127 e. The summed E-state index contributed by atoms with van der Waals surface area (Å²) in [4.78, 5) is 0. The van der Waals surface area contributed by atoms with E-state index in [4.69, 9.17) is 4.74 Å². The van der Waals surface area contributed by atoms with Crippen LogP contribution in [0.4, 0.5) is 4.39 Å². The van der Waals surface area contributed by atoms with Crippen molar-refractivity contribution in [2.45, 2.75) is 31.6 Å². The summed E-state index contributed by atoms with van der Waals surface area (Å²) >= 11 is 0. The molecule has 1 aliphatic carbocycles. The fourth-order valence-corrected chi connectivity index (χ4v) is 2.56. The molecule has 0 spiro atoms. The highest BCUT2D eigenvalue weighted by Crippen LogP contribution is 2.32. The lowest BCUT2D eigenvalue weighted by atomic mass is 9.90. The van der Waals surface area contributed by atoms with E-state index in [1.54, 1.807) is 6.07 Å². The topological polar surface area (TPSA) is 21.3 Å². The minimum absolute atomic E-state index is 0.170. The standard InChI is InChI=1S/C15H20FNO/c16-14-7-13(12-3-5-17-6-4-12)8-15(9-14)18-10-11-1-2-11/h7-9,11-12,17H,1-6,10H2. The quantitative estimate of drug-likeness (QED) is 0.885. The van der Waals surface area contributed by atoms with Crippen LogP contribution >= 0.6 is 0 Å². The zero-order valence-corrected chi connectivity index (χ0v) is 10.6.